The topological polar surface area (TPSA) is 20.3 Å². The summed E-state index contributed by atoms with van der Waals surface area (Å²) in [5, 5.41) is 0. The normalized spacial score (nSPS) is 22.1. The summed E-state index contributed by atoms with van der Waals surface area (Å²) in [5.74, 6) is 0.838. The molecule has 0 N–H and O–H groups in total. The molecular weight excluding hydrogens is 210 g/mol. The van der Waals surface area contributed by atoms with Crippen molar-refractivity contribution in [2.75, 3.05) is 13.1 Å². The Morgan fingerprint density at radius 2 is 2.06 bits per heavy atom. The van der Waals surface area contributed by atoms with Gasteiger partial charge in [-0.15, -0.1) is 0 Å². The van der Waals surface area contributed by atoms with Crippen LogP contribution in [-0.2, 0) is 11.2 Å². The number of benzene rings is 1. The van der Waals surface area contributed by atoms with Gasteiger partial charge in [0.15, 0.2) is 0 Å². The second-order valence-electron chi connectivity index (χ2n) is 5.92. The molecule has 1 aliphatic carbocycles. The molecule has 2 aliphatic rings. The molecule has 2 heteroatoms. The minimum absolute atomic E-state index is 0.508. The van der Waals surface area contributed by atoms with Crippen LogP contribution in [0.25, 0.3) is 0 Å². The highest BCUT2D eigenvalue weighted by Crippen LogP contribution is 2.52. The number of nitrogens with zero attached hydrogens (tertiary/aromatic N) is 1. The fourth-order valence-electron chi connectivity index (χ4n) is 3.61. The maximum atomic E-state index is 10.6. The fraction of sp³-hybridized carbons (Fsp3) is 0.533. The molecular formula is C15H19NO. The second kappa shape index (κ2) is 3.86. The number of carbonyl (C=O) groups is 1. The van der Waals surface area contributed by atoms with E-state index in [0.717, 1.165) is 25.4 Å². The number of carbonyl (C=O) groups excluding carboxylic acids is 1. The Balaban J connectivity index is 1.54. The Kier molecular flexibility index (Phi) is 2.46. The predicted octanol–water partition coefficient (Wildman–Crippen LogP) is 2.41. The molecule has 90 valence electrons. The lowest BCUT2D eigenvalue weighted by Crippen LogP contribution is -2.61. The van der Waals surface area contributed by atoms with Crippen molar-refractivity contribution in [1.82, 2.24) is 4.90 Å². The summed E-state index contributed by atoms with van der Waals surface area (Å²) in [6, 6.07) is 8.68. The van der Waals surface area contributed by atoms with Crippen LogP contribution < -0.4 is 0 Å². The van der Waals surface area contributed by atoms with E-state index in [1.54, 1.807) is 0 Å². The van der Waals surface area contributed by atoms with Gasteiger partial charge >= 0.3 is 0 Å². The molecule has 0 unspecified atom stereocenters. The summed E-state index contributed by atoms with van der Waals surface area (Å²) in [7, 11) is 0. The molecule has 2 fully saturated rings. The molecule has 0 atom stereocenters. The van der Waals surface area contributed by atoms with Crippen molar-refractivity contribution in [2.45, 2.75) is 26.2 Å². The van der Waals surface area contributed by atoms with Crippen molar-refractivity contribution in [3.05, 3.63) is 35.4 Å². The first-order valence-corrected chi connectivity index (χ1v) is 6.45. The molecule has 1 spiro atoms. The zero-order chi connectivity index (χ0) is 11.9. The van der Waals surface area contributed by atoms with Crippen LogP contribution in [0.3, 0.4) is 0 Å². The Hall–Kier alpha value is -1.31. The van der Waals surface area contributed by atoms with Crippen molar-refractivity contribution in [3.63, 3.8) is 0 Å². The highest BCUT2D eigenvalue weighted by atomic mass is 16.1. The van der Waals surface area contributed by atoms with Gasteiger partial charge in [0.2, 0.25) is 6.41 Å². The molecule has 3 rings (SSSR count). The lowest BCUT2D eigenvalue weighted by molar-refractivity contribution is -0.141. The maximum Gasteiger partial charge on any atom is 0.209 e. The number of likely N-dealkylation sites (tertiary alicyclic amines) is 1. The fourth-order valence-corrected chi connectivity index (χ4v) is 3.61. The highest BCUT2D eigenvalue weighted by molar-refractivity contribution is 5.49. The third-order valence-electron chi connectivity index (χ3n) is 4.44. The Morgan fingerprint density at radius 3 is 2.71 bits per heavy atom. The van der Waals surface area contributed by atoms with Crippen LogP contribution in [0.4, 0.5) is 0 Å². The molecule has 1 heterocycles. The Bertz CT molecular complexity index is 426. The van der Waals surface area contributed by atoms with Gasteiger partial charge in [0.1, 0.15) is 0 Å². The zero-order valence-electron chi connectivity index (χ0n) is 10.4. The summed E-state index contributed by atoms with van der Waals surface area (Å²) in [5.41, 5.74) is 3.42. The lowest BCUT2D eigenvalue weighted by atomic mass is 9.56. The summed E-state index contributed by atoms with van der Waals surface area (Å²) in [6.07, 6.45) is 4.83. The van der Waals surface area contributed by atoms with E-state index in [4.69, 9.17) is 0 Å². The molecule has 1 aromatic carbocycles. The van der Waals surface area contributed by atoms with E-state index < -0.39 is 0 Å². The molecule has 1 saturated heterocycles. The van der Waals surface area contributed by atoms with Crippen molar-refractivity contribution >= 4 is 6.41 Å². The third-order valence-corrected chi connectivity index (χ3v) is 4.44. The summed E-state index contributed by atoms with van der Waals surface area (Å²) in [6.45, 7) is 4.20. The second-order valence-corrected chi connectivity index (χ2v) is 5.92. The van der Waals surface area contributed by atoms with Crippen LogP contribution in [-0.4, -0.2) is 24.4 Å². The standard InChI is InChI=1S/C15H19NO/c1-12-4-2-3-5-14(12)6-13-7-15(8-13)9-16(10-15)11-17/h2-5,11,13H,6-10H2,1H3. The molecule has 1 saturated carbocycles. The molecule has 0 aromatic heterocycles. The van der Waals surface area contributed by atoms with E-state index in [0.29, 0.717) is 5.41 Å². The number of aryl methyl sites for hydroxylation is 1. The van der Waals surface area contributed by atoms with Gasteiger partial charge < -0.3 is 4.90 Å². The first kappa shape index (κ1) is 10.8. The SMILES string of the molecule is Cc1ccccc1CC1CC2(C1)CN(C=O)C2. The minimum atomic E-state index is 0.508. The van der Waals surface area contributed by atoms with Gasteiger partial charge in [-0.25, -0.2) is 0 Å². The van der Waals surface area contributed by atoms with E-state index >= 15 is 0 Å². The molecule has 1 amide bonds. The van der Waals surface area contributed by atoms with Gasteiger partial charge in [-0.05, 0) is 43.2 Å². The van der Waals surface area contributed by atoms with Crippen molar-refractivity contribution < 1.29 is 4.79 Å². The molecule has 0 radical (unpaired) electrons. The molecule has 1 aromatic rings. The predicted molar refractivity (Wildman–Crippen MR) is 67.7 cm³/mol. The van der Waals surface area contributed by atoms with E-state index in [1.807, 2.05) is 4.90 Å². The quantitative estimate of drug-likeness (QED) is 0.729. The van der Waals surface area contributed by atoms with Crippen LogP contribution in [0.1, 0.15) is 24.0 Å². The van der Waals surface area contributed by atoms with Crippen LogP contribution in [0.2, 0.25) is 0 Å². The van der Waals surface area contributed by atoms with E-state index in [-0.39, 0.29) is 0 Å². The first-order valence-electron chi connectivity index (χ1n) is 6.45. The van der Waals surface area contributed by atoms with Crippen LogP contribution in [0, 0.1) is 18.3 Å². The van der Waals surface area contributed by atoms with Crippen molar-refractivity contribution in [3.8, 4) is 0 Å². The number of amides is 1. The summed E-state index contributed by atoms with van der Waals surface area (Å²) >= 11 is 0. The van der Waals surface area contributed by atoms with Crippen LogP contribution in [0.15, 0.2) is 24.3 Å². The monoisotopic (exact) mass is 229 g/mol. The number of hydrogen-bond acceptors (Lipinski definition) is 1. The van der Waals surface area contributed by atoms with Gasteiger partial charge in [0.05, 0.1) is 0 Å². The largest absolute Gasteiger partial charge is 0.344 e. The lowest BCUT2D eigenvalue weighted by Gasteiger charge is -2.58. The van der Waals surface area contributed by atoms with Crippen LogP contribution >= 0.6 is 0 Å². The number of rotatable bonds is 3. The molecule has 2 nitrogen and oxygen atoms in total. The van der Waals surface area contributed by atoms with Crippen molar-refractivity contribution in [2.24, 2.45) is 11.3 Å². The smallest absolute Gasteiger partial charge is 0.209 e. The molecule has 17 heavy (non-hydrogen) atoms. The van der Waals surface area contributed by atoms with E-state index in [9.17, 15) is 4.79 Å². The Morgan fingerprint density at radius 1 is 1.35 bits per heavy atom. The first-order chi connectivity index (χ1) is 8.21. The van der Waals surface area contributed by atoms with Gasteiger partial charge in [0.25, 0.3) is 0 Å². The van der Waals surface area contributed by atoms with E-state index in [2.05, 4.69) is 31.2 Å². The number of hydrogen-bond donors (Lipinski definition) is 0. The average molecular weight is 229 g/mol. The van der Waals surface area contributed by atoms with E-state index in [1.165, 1.54) is 30.4 Å². The van der Waals surface area contributed by atoms with Gasteiger partial charge in [-0.3, -0.25) is 4.79 Å². The minimum Gasteiger partial charge on any atom is -0.344 e. The zero-order valence-corrected chi connectivity index (χ0v) is 10.4. The summed E-state index contributed by atoms with van der Waals surface area (Å²) < 4.78 is 0. The Labute approximate surface area is 103 Å². The van der Waals surface area contributed by atoms with Gasteiger partial charge in [-0.1, -0.05) is 24.3 Å². The van der Waals surface area contributed by atoms with Crippen LogP contribution in [0.5, 0.6) is 0 Å². The third kappa shape index (κ3) is 1.86. The van der Waals surface area contributed by atoms with Gasteiger partial charge in [0, 0.05) is 18.5 Å². The highest BCUT2D eigenvalue weighted by Gasteiger charge is 2.51. The van der Waals surface area contributed by atoms with Crippen molar-refractivity contribution in [1.29, 1.82) is 0 Å². The molecule has 0 bridgehead atoms. The molecule has 1 aliphatic heterocycles. The summed E-state index contributed by atoms with van der Waals surface area (Å²) in [4.78, 5) is 12.5. The average Bonchev–Trinajstić information content (AvgIpc) is 2.22. The maximum absolute atomic E-state index is 10.6. The van der Waals surface area contributed by atoms with Gasteiger partial charge in [-0.2, -0.15) is 0 Å².